The van der Waals surface area contributed by atoms with Gasteiger partial charge in [0.1, 0.15) is 6.23 Å². The Balaban J connectivity index is 3.32. The molecule has 0 spiro atoms. The first-order chi connectivity index (χ1) is 5.72. The number of hydrogen-bond donors (Lipinski definition) is 1. The van der Waals surface area contributed by atoms with Crippen LogP contribution in [0.25, 0.3) is 0 Å². The summed E-state index contributed by atoms with van der Waals surface area (Å²) in [5.41, 5.74) is 0. The van der Waals surface area contributed by atoms with Gasteiger partial charge in [-0.25, -0.2) is 0 Å². The van der Waals surface area contributed by atoms with E-state index in [4.69, 9.17) is 9.94 Å². The lowest BCUT2D eigenvalue weighted by Gasteiger charge is -2.22. The zero-order valence-corrected chi connectivity index (χ0v) is 8.42. The highest BCUT2D eigenvalue weighted by molar-refractivity contribution is 4.41. The monoisotopic (exact) mass is 175 g/mol. The lowest BCUT2D eigenvalue weighted by molar-refractivity contribution is -0.230. The van der Waals surface area contributed by atoms with Crippen LogP contribution in [0, 0.1) is 0 Å². The zero-order chi connectivity index (χ0) is 9.40. The third-order valence-corrected chi connectivity index (χ3v) is 1.73. The molecule has 1 N–H and O–H groups in total. The molecule has 0 heterocycles. The highest BCUT2D eigenvalue weighted by Crippen LogP contribution is 2.00. The van der Waals surface area contributed by atoms with E-state index in [0.717, 1.165) is 13.0 Å². The number of hydroxylamine groups is 2. The fourth-order valence-corrected chi connectivity index (χ4v) is 0.997. The maximum Gasteiger partial charge on any atom is 0.127 e. The second-order valence-electron chi connectivity index (χ2n) is 2.91. The van der Waals surface area contributed by atoms with Gasteiger partial charge in [-0.05, 0) is 20.3 Å². The van der Waals surface area contributed by atoms with E-state index in [9.17, 15) is 0 Å². The minimum Gasteiger partial charge on any atom is -0.377 e. The molecule has 0 aliphatic rings. The van der Waals surface area contributed by atoms with Crippen molar-refractivity contribution in [1.82, 2.24) is 5.06 Å². The summed E-state index contributed by atoms with van der Waals surface area (Å²) in [6.07, 6.45) is 2.96. The van der Waals surface area contributed by atoms with Crippen molar-refractivity contribution in [2.45, 2.75) is 46.3 Å². The molecule has 1 atom stereocenters. The number of hydrogen-bond acceptors (Lipinski definition) is 3. The molecule has 0 amide bonds. The van der Waals surface area contributed by atoms with Crippen molar-refractivity contribution < 1.29 is 9.94 Å². The van der Waals surface area contributed by atoms with Gasteiger partial charge in [0.2, 0.25) is 0 Å². The summed E-state index contributed by atoms with van der Waals surface area (Å²) in [5.74, 6) is 0. The van der Waals surface area contributed by atoms with E-state index in [1.54, 1.807) is 12.0 Å². The predicted molar refractivity (Wildman–Crippen MR) is 49.5 cm³/mol. The Hall–Kier alpha value is -0.120. The molecule has 1 unspecified atom stereocenters. The minimum atomic E-state index is -0.503. The molecule has 0 aromatic heterocycles. The van der Waals surface area contributed by atoms with Crippen LogP contribution in [0.15, 0.2) is 0 Å². The Bertz CT molecular complexity index is 96.5. The molecular formula is C9H21NO2. The molecular weight excluding hydrogens is 154 g/mol. The lowest BCUT2D eigenvalue weighted by Crippen LogP contribution is -2.33. The first kappa shape index (κ1) is 11.9. The van der Waals surface area contributed by atoms with E-state index in [2.05, 4.69) is 6.92 Å². The van der Waals surface area contributed by atoms with Gasteiger partial charge in [0.15, 0.2) is 0 Å². The van der Waals surface area contributed by atoms with Crippen molar-refractivity contribution in [2.24, 2.45) is 0 Å². The van der Waals surface area contributed by atoms with Gasteiger partial charge in [0.25, 0.3) is 0 Å². The number of nitrogens with zero attached hydrogens (tertiary/aromatic N) is 1. The molecule has 0 aliphatic carbocycles. The first-order valence-corrected chi connectivity index (χ1v) is 4.80. The largest absolute Gasteiger partial charge is 0.377 e. The van der Waals surface area contributed by atoms with Crippen molar-refractivity contribution in [2.75, 3.05) is 13.2 Å². The van der Waals surface area contributed by atoms with Crippen molar-refractivity contribution in [3.63, 3.8) is 0 Å². The molecule has 74 valence electrons. The van der Waals surface area contributed by atoms with Crippen LogP contribution in [-0.4, -0.2) is 29.5 Å². The maximum atomic E-state index is 9.17. The van der Waals surface area contributed by atoms with Crippen LogP contribution < -0.4 is 0 Å². The smallest absolute Gasteiger partial charge is 0.127 e. The summed E-state index contributed by atoms with van der Waals surface area (Å²) in [7, 11) is 0. The Labute approximate surface area is 75.3 Å². The molecule has 0 aromatic carbocycles. The van der Waals surface area contributed by atoms with Crippen molar-refractivity contribution in [3.05, 3.63) is 0 Å². The first-order valence-electron chi connectivity index (χ1n) is 4.80. The standard InChI is InChI=1S/C9H21NO2/c1-4-6-7-8-12-10(5-2)9(3)11/h9,11H,4-8H2,1-3H3. The van der Waals surface area contributed by atoms with Crippen LogP contribution >= 0.6 is 0 Å². The van der Waals surface area contributed by atoms with E-state index in [0.29, 0.717) is 6.61 Å². The van der Waals surface area contributed by atoms with Gasteiger partial charge in [0.05, 0.1) is 6.61 Å². The van der Waals surface area contributed by atoms with Gasteiger partial charge in [-0.15, -0.1) is 0 Å². The topological polar surface area (TPSA) is 32.7 Å². The Morgan fingerprint density at radius 2 is 2.00 bits per heavy atom. The second kappa shape index (κ2) is 7.53. The highest BCUT2D eigenvalue weighted by atomic mass is 16.7. The molecule has 12 heavy (non-hydrogen) atoms. The Morgan fingerprint density at radius 3 is 2.42 bits per heavy atom. The van der Waals surface area contributed by atoms with E-state index in [1.165, 1.54) is 12.8 Å². The molecule has 0 aromatic rings. The highest BCUT2D eigenvalue weighted by Gasteiger charge is 2.07. The van der Waals surface area contributed by atoms with Crippen LogP contribution in [0.3, 0.4) is 0 Å². The van der Waals surface area contributed by atoms with Crippen molar-refractivity contribution in [1.29, 1.82) is 0 Å². The van der Waals surface area contributed by atoms with Gasteiger partial charge in [-0.2, -0.15) is 5.06 Å². The average Bonchev–Trinajstić information content (AvgIpc) is 2.04. The third-order valence-electron chi connectivity index (χ3n) is 1.73. The predicted octanol–water partition coefficient (Wildman–Crippen LogP) is 1.77. The lowest BCUT2D eigenvalue weighted by atomic mass is 10.3. The summed E-state index contributed by atoms with van der Waals surface area (Å²) in [5, 5.41) is 10.8. The summed E-state index contributed by atoms with van der Waals surface area (Å²) >= 11 is 0. The molecule has 0 radical (unpaired) electrons. The molecule has 0 aliphatic heterocycles. The fourth-order valence-electron chi connectivity index (χ4n) is 0.997. The van der Waals surface area contributed by atoms with E-state index in [1.807, 2.05) is 6.92 Å². The second-order valence-corrected chi connectivity index (χ2v) is 2.91. The van der Waals surface area contributed by atoms with Gasteiger partial charge >= 0.3 is 0 Å². The van der Waals surface area contributed by atoms with E-state index in [-0.39, 0.29) is 0 Å². The third kappa shape index (κ3) is 5.52. The molecule has 0 bridgehead atoms. The van der Waals surface area contributed by atoms with Crippen LogP contribution in [0.1, 0.15) is 40.0 Å². The summed E-state index contributed by atoms with van der Waals surface area (Å²) < 4.78 is 0. The number of aliphatic hydroxyl groups is 1. The summed E-state index contributed by atoms with van der Waals surface area (Å²) in [6.45, 7) is 7.28. The average molecular weight is 175 g/mol. The van der Waals surface area contributed by atoms with E-state index < -0.39 is 6.23 Å². The van der Waals surface area contributed by atoms with Gasteiger partial charge < -0.3 is 5.11 Å². The van der Waals surface area contributed by atoms with Crippen molar-refractivity contribution >= 4 is 0 Å². The SMILES string of the molecule is CCCCCON(CC)C(C)O. The van der Waals surface area contributed by atoms with Crippen molar-refractivity contribution in [3.8, 4) is 0 Å². The van der Waals surface area contributed by atoms with Gasteiger partial charge in [-0.1, -0.05) is 19.8 Å². The molecule has 0 saturated carbocycles. The Morgan fingerprint density at radius 1 is 1.33 bits per heavy atom. The van der Waals surface area contributed by atoms with Gasteiger partial charge in [0, 0.05) is 6.54 Å². The van der Waals surface area contributed by atoms with Crippen LogP contribution in [-0.2, 0) is 4.84 Å². The number of unbranched alkanes of at least 4 members (excludes halogenated alkanes) is 2. The maximum absolute atomic E-state index is 9.17. The molecule has 3 heteroatoms. The molecule has 3 nitrogen and oxygen atoms in total. The van der Waals surface area contributed by atoms with Crippen LogP contribution in [0.5, 0.6) is 0 Å². The quantitative estimate of drug-likeness (QED) is 0.363. The number of rotatable bonds is 7. The van der Waals surface area contributed by atoms with E-state index >= 15 is 0 Å². The fraction of sp³-hybridized carbons (Fsp3) is 1.00. The molecule has 0 saturated heterocycles. The molecule has 0 fully saturated rings. The van der Waals surface area contributed by atoms with Crippen LogP contribution in [0.4, 0.5) is 0 Å². The Kier molecular flexibility index (Phi) is 7.45. The van der Waals surface area contributed by atoms with Crippen LogP contribution in [0.2, 0.25) is 0 Å². The zero-order valence-electron chi connectivity index (χ0n) is 8.42. The minimum absolute atomic E-state index is 0.503. The van der Waals surface area contributed by atoms with Gasteiger partial charge in [-0.3, -0.25) is 4.84 Å². The summed E-state index contributed by atoms with van der Waals surface area (Å²) in [6, 6.07) is 0. The molecule has 0 rings (SSSR count). The number of aliphatic hydroxyl groups excluding tert-OH is 1. The normalized spacial score (nSPS) is 13.8. The summed E-state index contributed by atoms with van der Waals surface area (Å²) in [4.78, 5) is 5.34.